The van der Waals surface area contributed by atoms with Crippen molar-refractivity contribution in [3.8, 4) is 11.4 Å². The monoisotopic (exact) mass is 365 g/mol. The molecule has 27 heavy (non-hydrogen) atoms. The highest BCUT2D eigenvalue weighted by Gasteiger charge is 2.14. The third kappa shape index (κ3) is 4.80. The summed E-state index contributed by atoms with van der Waals surface area (Å²) in [5.74, 6) is 1.16. The number of quaternary nitrogens is 1. The smallest absolute Gasteiger partial charge is 0.282 e. The Morgan fingerprint density at radius 1 is 1.04 bits per heavy atom. The van der Waals surface area contributed by atoms with E-state index in [1.807, 2.05) is 36.4 Å². The molecule has 3 aromatic rings. The topological polar surface area (TPSA) is 72.5 Å². The second-order valence-corrected chi connectivity index (χ2v) is 6.65. The molecule has 1 heterocycles. The first-order chi connectivity index (χ1) is 13.1. The van der Waals surface area contributed by atoms with Crippen LogP contribution in [0.1, 0.15) is 34.3 Å². The van der Waals surface area contributed by atoms with Crippen LogP contribution in [0, 0.1) is 0 Å². The lowest BCUT2D eigenvalue weighted by atomic mass is 10.1. The van der Waals surface area contributed by atoms with Crippen molar-refractivity contribution in [2.24, 2.45) is 0 Å². The molecule has 6 heteroatoms. The van der Waals surface area contributed by atoms with Gasteiger partial charge in [0.15, 0.2) is 6.54 Å². The van der Waals surface area contributed by atoms with Crippen molar-refractivity contribution >= 4 is 5.91 Å². The Morgan fingerprint density at radius 2 is 1.70 bits per heavy atom. The van der Waals surface area contributed by atoms with Gasteiger partial charge in [-0.15, -0.1) is 0 Å². The first kappa shape index (κ1) is 18.8. The number of hydrogen-bond acceptors (Lipinski definition) is 4. The summed E-state index contributed by atoms with van der Waals surface area (Å²) in [6, 6.07) is 15.9. The molecule has 2 aromatic carbocycles. The van der Waals surface area contributed by atoms with Crippen molar-refractivity contribution in [3.05, 3.63) is 71.1 Å². The number of hydrogen-bond donors (Lipinski definition) is 2. The fourth-order valence-electron chi connectivity index (χ4n) is 2.92. The molecule has 1 unspecified atom stereocenters. The van der Waals surface area contributed by atoms with Crippen LogP contribution >= 0.6 is 0 Å². The van der Waals surface area contributed by atoms with Gasteiger partial charge in [-0.1, -0.05) is 48.5 Å². The third-order valence-electron chi connectivity index (χ3n) is 4.49. The summed E-state index contributed by atoms with van der Waals surface area (Å²) in [5, 5.41) is 6.72. The molecule has 0 aliphatic carbocycles. The number of amides is 1. The average Bonchev–Trinajstić information content (AvgIpc) is 3.16. The van der Waals surface area contributed by atoms with Crippen molar-refractivity contribution in [3.63, 3.8) is 0 Å². The Morgan fingerprint density at radius 3 is 2.33 bits per heavy atom. The molecule has 1 amide bonds. The van der Waals surface area contributed by atoms with Gasteiger partial charge in [0.25, 0.3) is 11.8 Å². The number of nitrogens with zero attached hydrogens (tertiary/aromatic N) is 2. The Kier molecular flexibility index (Phi) is 5.98. The van der Waals surface area contributed by atoms with Gasteiger partial charge in [0.05, 0.1) is 7.05 Å². The molecule has 0 radical (unpaired) electrons. The molecule has 6 nitrogen and oxygen atoms in total. The predicted molar refractivity (Wildman–Crippen MR) is 103 cm³/mol. The number of carbonyl (C=O) groups is 1. The van der Waals surface area contributed by atoms with E-state index in [4.69, 9.17) is 4.52 Å². The van der Waals surface area contributed by atoms with Gasteiger partial charge in [-0.05, 0) is 24.1 Å². The second-order valence-electron chi connectivity index (χ2n) is 6.65. The van der Waals surface area contributed by atoms with Crippen molar-refractivity contribution in [2.75, 3.05) is 14.1 Å². The molecular weight excluding hydrogens is 340 g/mol. The van der Waals surface area contributed by atoms with Gasteiger partial charge in [-0.2, -0.15) is 4.98 Å². The van der Waals surface area contributed by atoms with Crippen LogP contribution < -0.4 is 10.2 Å². The number of aromatic nitrogens is 2. The number of aryl methyl sites for hydroxylation is 1. The average molecular weight is 365 g/mol. The minimum Gasteiger partial charge on any atom is -0.355 e. The number of carbonyl (C=O) groups excluding carboxylic acids is 1. The molecule has 0 spiro atoms. The highest BCUT2D eigenvalue weighted by Crippen LogP contribution is 2.16. The van der Waals surface area contributed by atoms with Gasteiger partial charge >= 0.3 is 0 Å². The number of benzene rings is 2. The van der Waals surface area contributed by atoms with Gasteiger partial charge in [0.2, 0.25) is 5.82 Å². The highest BCUT2D eigenvalue weighted by molar-refractivity contribution is 5.93. The third-order valence-corrected chi connectivity index (χ3v) is 4.49. The largest absolute Gasteiger partial charge is 0.355 e. The molecule has 0 fully saturated rings. The van der Waals surface area contributed by atoms with Crippen LogP contribution in [0.2, 0.25) is 0 Å². The minimum atomic E-state index is -0.0763. The van der Waals surface area contributed by atoms with E-state index in [9.17, 15) is 4.79 Å². The van der Waals surface area contributed by atoms with E-state index in [0.29, 0.717) is 23.8 Å². The molecule has 0 aliphatic rings. The fraction of sp³-hybridized carbons (Fsp3) is 0.286. The van der Waals surface area contributed by atoms with Gasteiger partial charge in [0.1, 0.15) is 6.54 Å². The zero-order valence-electron chi connectivity index (χ0n) is 16.0. The van der Waals surface area contributed by atoms with E-state index in [0.717, 1.165) is 24.1 Å². The van der Waals surface area contributed by atoms with E-state index >= 15 is 0 Å². The summed E-state index contributed by atoms with van der Waals surface area (Å²) in [7, 11) is 3.71. The summed E-state index contributed by atoms with van der Waals surface area (Å²) >= 11 is 0. The Bertz CT molecular complexity index is 885. The highest BCUT2D eigenvalue weighted by atomic mass is 16.5. The first-order valence-corrected chi connectivity index (χ1v) is 9.13. The molecule has 140 valence electrons. The SMILES string of the molecule is CCc1ccc(-c2noc(C[NH+](C)Cc3ccc(C(=O)NC)cc3)n2)cc1. The molecule has 1 aromatic heterocycles. The summed E-state index contributed by atoms with van der Waals surface area (Å²) < 4.78 is 5.41. The molecule has 0 aliphatic heterocycles. The van der Waals surface area contributed by atoms with Crippen molar-refractivity contribution in [2.45, 2.75) is 26.4 Å². The van der Waals surface area contributed by atoms with E-state index in [-0.39, 0.29) is 5.91 Å². The van der Waals surface area contributed by atoms with Gasteiger partial charge < -0.3 is 14.7 Å². The van der Waals surface area contributed by atoms with Crippen LogP contribution in [0.25, 0.3) is 11.4 Å². The maximum Gasteiger partial charge on any atom is 0.282 e. The van der Waals surface area contributed by atoms with Gasteiger partial charge in [-0.3, -0.25) is 4.79 Å². The lowest BCUT2D eigenvalue weighted by molar-refractivity contribution is -0.909. The van der Waals surface area contributed by atoms with E-state index in [1.54, 1.807) is 7.05 Å². The summed E-state index contributed by atoms with van der Waals surface area (Å²) in [5.41, 5.74) is 4.06. The maximum atomic E-state index is 11.6. The molecule has 0 saturated carbocycles. The second kappa shape index (κ2) is 8.60. The number of nitrogens with one attached hydrogen (secondary N) is 2. The minimum absolute atomic E-state index is 0.0763. The Hall–Kier alpha value is -2.99. The van der Waals surface area contributed by atoms with Crippen molar-refractivity contribution in [1.82, 2.24) is 15.5 Å². The van der Waals surface area contributed by atoms with E-state index in [2.05, 4.69) is 41.6 Å². The standard InChI is InChI=1S/C21H24N4O2/c1-4-15-5-9-17(10-6-15)20-23-19(27-24-20)14-25(3)13-16-7-11-18(12-8-16)21(26)22-2/h5-12H,4,13-14H2,1-3H3,(H,22,26)/p+1. The zero-order valence-corrected chi connectivity index (χ0v) is 16.0. The quantitative estimate of drug-likeness (QED) is 0.671. The maximum absolute atomic E-state index is 11.6. The van der Waals surface area contributed by atoms with Crippen LogP contribution in [0.3, 0.4) is 0 Å². The summed E-state index contributed by atoms with van der Waals surface area (Å²) in [6.45, 7) is 3.57. The van der Waals surface area contributed by atoms with E-state index < -0.39 is 0 Å². The van der Waals surface area contributed by atoms with Crippen LogP contribution in [-0.2, 0) is 19.5 Å². The first-order valence-electron chi connectivity index (χ1n) is 9.13. The van der Waals surface area contributed by atoms with Crippen molar-refractivity contribution < 1.29 is 14.2 Å². The van der Waals surface area contributed by atoms with Gasteiger partial charge in [-0.25, -0.2) is 0 Å². The van der Waals surface area contributed by atoms with Gasteiger partial charge in [0, 0.05) is 23.7 Å². The molecule has 1 atom stereocenters. The number of rotatable bonds is 7. The fourth-order valence-corrected chi connectivity index (χ4v) is 2.92. The summed E-state index contributed by atoms with van der Waals surface area (Å²) in [6.07, 6.45) is 1.01. The molecular formula is C21H25N4O2+. The van der Waals surface area contributed by atoms with Crippen LogP contribution in [0.5, 0.6) is 0 Å². The lowest BCUT2D eigenvalue weighted by Crippen LogP contribution is -3.06. The molecule has 3 rings (SSSR count). The van der Waals surface area contributed by atoms with Crippen molar-refractivity contribution in [1.29, 1.82) is 0 Å². The Balaban J connectivity index is 1.60. The van der Waals surface area contributed by atoms with Crippen LogP contribution in [-0.4, -0.2) is 30.1 Å². The molecule has 2 N–H and O–H groups in total. The van der Waals surface area contributed by atoms with Crippen LogP contribution in [0.15, 0.2) is 53.1 Å². The molecule has 0 bridgehead atoms. The summed E-state index contributed by atoms with van der Waals surface area (Å²) in [4.78, 5) is 17.3. The normalized spacial score (nSPS) is 12.0. The molecule has 0 saturated heterocycles. The van der Waals surface area contributed by atoms with E-state index in [1.165, 1.54) is 10.5 Å². The zero-order chi connectivity index (χ0) is 19.2. The van der Waals surface area contributed by atoms with Crippen LogP contribution in [0.4, 0.5) is 0 Å². The Labute approximate surface area is 159 Å². The lowest BCUT2D eigenvalue weighted by Gasteiger charge is -2.11. The predicted octanol–water partition coefficient (Wildman–Crippen LogP) is 1.87.